The number of piperidine rings is 1. The maximum Gasteiger partial charge on any atom is 0.219 e. The lowest BCUT2D eigenvalue weighted by atomic mass is 9.96. The van der Waals surface area contributed by atoms with E-state index in [4.69, 9.17) is 4.98 Å². The largest absolute Gasteiger partial charge is 0.357 e. The Labute approximate surface area is 133 Å². The van der Waals surface area contributed by atoms with Crippen LogP contribution in [0.5, 0.6) is 0 Å². The average molecular weight is 301 g/mol. The Morgan fingerprint density at radius 3 is 2.41 bits per heavy atom. The van der Waals surface area contributed by atoms with Crippen molar-refractivity contribution in [3.63, 3.8) is 0 Å². The summed E-state index contributed by atoms with van der Waals surface area (Å²) in [6, 6.07) is 4.55. The lowest BCUT2D eigenvalue weighted by Gasteiger charge is -2.35. The molecule has 1 amide bonds. The van der Waals surface area contributed by atoms with Crippen molar-refractivity contribution in [1.82, 2.24) is 9.88 Å². The zero-order chi connectivity index (χ0) is 15.4. The fraction of sp³-hybridized carbons (Fsp3) is 0.667. The summed E-state index contributed by atoms with van der Waals surface area (Å²) in [6.45, 7) is 4.80. The van der Waals surface area contributed by atoms with Gasteiger partial charge in [-0.25, -0.2) is 4.98 Å². The number of hydrogen-bond acceptors (Lipinski definition) is 3. The Morgan fingerprint density at radius 2 is 1.77 bits per heavy atom. The topological polar surface area (TPSA) is 36.4 Å². The molecule has 0 N–H and O–H groups in total. The van der Waals surface area contributed by atoms with Crippen molar-refractivity contribution in [2.24, 2.45) is 0 Å². The molecular weight excluding hydrogens is 274 g/mol. The normalized spacial score (nSPS) is 23.2. The molecule has 4 heteroatoms. The molecule has 0 radical (unpaired) electrons. The van der Waals surface area contributed by atoms with Crippen LogP contribution in [-0.2, 0) is 4.79 Å². The minimum absolute atomic E-state index is 0.182. The second-order valence-corrected chi connectivity index (χ2v) is 6.57. The first-order valence-corrected chi connectivity index (χ1v) is 8.74. The summed E-state index contributed by atoms with van der Waals surface area (Å²) in [5.41, 5.74) is 1.19. The summed E-state index contributed by atoms with van der Waals surface area (Å²) in [5.74, 6) is 1.28. The van der Waals surface area contributed by atoms with E-state index < -0.39 is 0 Å². The van der Waals surface area contributed by atoms with Gasteiger partial charge >= 0.3 is 0 Å². The predicted molar refractivity (Wildman–Crippen MR) is 88.9 cm³/mol. The summed E-state index contributed by atoms with van der Waals surface area (Å²) in [7, 11) is 0. The molecule has 1 aromatic heterocycles. The van der Waals surface area contributed by atoms with Crippen molar-refractivity contribution in [2.75, 3.05) is 24.5 Å². The molecule has 0 saturated carbocycles. The molecule has 120 valence electrons. The lowest BCUT2D eigenvalue weighted by molar-refractivity contribution is -0.132. The molecule has 4 nitrogen and oxygen atoms in total. The third-order valence-corrected chi connectivity index (χ3v) is 4.99. The van der Waals surface area contributed by atoms with E-state index in [2.05, 4.69) is 17.0 Å². The molecule has 0 aromatic carbocycles. The monoisotopic (exact) mass is 301 g/mol. The molecule has 3 heterocycles. The molecule has 0 spiro atoms. The summed E-state index contributed by atoms with van der Waals surface area (Å²) in [6.07, 6.45) is 10.6. The highest BCUT2D eigenvalue weighted by Crippen LogP contribution is 2.31. The number of carbonyl (C=O) groups is 1. The van der Waals surface area contributed by atoms with E-state index in [0.29, 0.717) is 0 Å². The highest BCUT2D eigenvalue weighted by molar-refractivity contribution is 5.74. The highest BCUT2D eigenvalue weighted by Gasteiger charge is 2.26. The third-order valence-electron chi connectivity index (χ3n) is 4.99. The van der Waals surface area contributed by atoms with E-state index in [9.17, 15) is 4.79 Å². The van der Waals surface area contributed by atoms with Gasteiger partial charge in [0.2, 0.25) is 5.91 Å². The molecule has 1 aromatic rings. The van der Waals surface area contributed by atoms with Crippen LogP contribution in [0.4, 0.5) is 5.82 Å². The van der Waals surface area contributed by atoms with Gasteiger partial charge < -0.3 is 9.80 Å². The standard InChI is InChI=1S/C18H27N3O/c1-15(22)21-13-7-4-8-17(21)16-9-10-18(19-14-16)20-11-5-2-3-6-12-20/h9-10,14,17H,2-8,11-13H2,1H3/t17-/m1/s1. The van der Waals surface area contributed by atoms with Crippen LogP contribution in [0.15, 0.2) is 18.3 Å². The Bertz CT molecular complexity index is 492. The van der Waals surface area contributed by atoms with E-state index in [-0.39, 0.29) is 11.9 Å². The first kappa shape index (κ1) is 15.3. The number of rotatable bonds is 2. The first-order chi connectivity index (χ1) is 10.8. The molecule has 2 saturated heterocycles. The molecule has 3 rings (SSSR count). The molecule has 0 unspecified atom stereocenters. The number of pyridine rings is 1. The van der Waals surface area contributed by atoms with Crippen molar-refractivity contribution < 1.29 is 4.79 Å². The second-order valence-electron chi connectivity index (χ2n) is 6.57. The van der Waals surface area contributed by atoms with Crippen molar-refractivity contribution in [2.45, 2.75) is 57.9 Å². The van der Waals surface area contributed by atoms with Crippen LogP contribution in [0, 0.1) is 0 Å². The Balaban J connectivity index is 1.73. The fourth-order valence-corrected chi connectivity index (χ4v) is 3.74. The van der Waals surface area contributed by atoms with E-state index >= 15 is 0 Å². The van der Waals surface area contributed by atoms with E-state index in [1.807, 2.05) is 11.1 Å². The van der Waals surface area contributed by atoms with Crippen LogP contribution < -0.4 is 4.90 Å². The van der Waals surface area contributed by atoms with Crippen molar-refractivity contribution in [3.8, 4) is 0 Å². The van der Waals surface area contributed by atoms with E-state index in [0.717, 1.165) is 38.3 Å². The van der Waals surface area contributed by atoms with Gasteiger partial charge in [-0.1, -0.05) is 18.9 Å². The molecule has 2 fully saturated rings. The number of aromatic nitrogens is 1. The van der Waals surface area contributed by atoms with Gasteiger partial charge in [-0.15, -0.1) is 0 Å². The van der Waals surface area contributed by atoms with Crippen molar-refractivity contribution >= 4 is 11.7 Å². The minimum atomic E-state index is 0.182. The number of carbonyl (C=O) groups excluding carboxylic acids is 1. The number of amides is 1. The number of anilines is 1. The zero-order valence-corrected chi connectivity index (χ0v) is 13.6. The molecule has 0 bridgehead atoms. The summed E-state index contributed by atoms with van der Waals surface area (Å²) in [4.78, 5) is 20.9. The van der Waals surface area contributed by atoms with E-state index in [1.54, 1.807) is 6.92 Å². The van der Waals surface area contributed by atoms with Gasteiger partial charge in [0, 0.05) is 32.8 Å². The quantitative estimate of drug-likeness (QED) is 0.838. The molecule has 22 heavy (non-hydrogen) atoms. The average Bonchev–Trinajstić information content (AvgIpc) is 2.84. The smallest absolute Gasteiger partial charge is 0.219 e. The molecule has 2 aliphatic heterocycles. The number of nitrogens with zero attached hydrogens (tertiary/aromatic N) is 3. The summed E-state index contributed by atoms with van der Waals surface area (Å²) < 4.78 is 0. The lowest BCUT2D eigenvalue weighted by Crippen LogP contribution is -2.37. The number of hydrogen-bond donors (Lipinski definition) is 0. The predicted octanol–water partition coefficient (Wildman–Crippen LogP) is 3.54. The first-order valence-electron chi connectivity index (χ1n) is 8.74. The van der Waals surface area contributed by atoms with Gasteiger partial charge in [-0.05, 0) is 43.7 Å². The van der Waals surface area contributed by atoms with Crippen LogP contribution in [0.25, 0.3) is 0 Å². The highest BCUT2D eigenvalue weighted by atomic mass is 16.2. The van der Waals surface area contributed by atoms with Crippen LogP contribution in [0.2, 0.25) is 0 Å². The van der Waals surface area contributed by atoms with Crippen molar-refractivity contribution in [1.29, 1.82) is 0 Å². The van der Waals surface area contributed by atoms with Crippen LogP contribution in [0.1, 0.15) is 63.5 Å². The third kappa shape index (κ3) is 3.42. The van der Waals surface area contributed by atoms with Gasteiger partial charge in [-0.3, -0.25) is 4.79 Å². The van der Waals surface area contributed by atoms with Gasteiger partial charge in [0.1, 0.15) is 5.82 Å². The second kappa shape index (κ2) is 7.12. The molecule has 1 atom stereocenters. The maximum atomic E-state index is 11.8. The summed E-state index contributed by atoms with van der Waals surface area (Å²) in [5, 5.41) is 0. The fourth-order valence-electron chi connectivity index (χ4n) is 3.74. The van der Waals surface area contributed by atoms with Gasteiger partial charge in [0.05, 0.1) is 6.04 Å². The number of likely N-dealkylation sites (tertiary alicyclic amines) is 1. The van der Waals surface area contributed by atoms with Gasteiger partial charge in [0.25, 0.3) is 0 Å². The van der Waals surface area contributed by atoms with E-state index in [1.165, 1.54) is 37.7 Å². The van der Waals surface area contributed by atoms with Crippen LogP contribution >= 0.6 is 0 Å². The zero-order valence-electron chi connectivity index (χ0n) is 13.6. The van der Waals surface area contributed by atoms with Crippen LogP contribution in [0.3, 0.4) is 0 Å². The summed E-state index contributed by atoms with van der Waals surface area (Å²) >= 11 is 0. The van der Waals surface area contributed by atoms with Gasteiger partial charge in [-0.2, -0.15) is 0 Å². The van der Waals surface area contributed by atoms with Crippen LogP contribution in [-0.4, -0.2) is 35.4 Å². The minimum Gasteiger partial charge on any atom is -0.357 e. The SMILES string of the molecule is CC(=O)N1CCCC[C@@H]1c1ccc(N2CCCCCC2)nc1. The Morgan fingerprint density at radius 1 is 1.05 bits per heavy atom. The Hall–Kier alpha value is -1.58. The maximum absolute atomic E-state index is 11.8. The van der Waals surface area contributed by atoms with Gasteiger partial charge in [0.15, 0.2) is 0 Å². The molecule has 0 aliphatic carbocycles. The van der Waals surface area contributed by atoms with Crippen molar-refractivity contribution in [3.05, 3.63) is 23.9 Å². The molecular formula is C18H27N3O. The Kier molecular flexibility index (Phi) is 4.96. The molecule has 2 aliphatic rings.